The number of nitrogens with two attached hydrogens (primary N) is 1. The molecule has 0 aliphatic rings. The molecule has 7 aromatic rings. The number of hydrogen-bond acceptors (Lipinski definition) is 15. The van der Waals surface area contributed by atoms with Crippen LogP contribution in [0.4, 0.5) is 17.6 Å². The van der Waals surface area contributed by atoms with Gasteiger partial charge >= 0.3 is 0 Å². The number of aryl methyl sites for hydroxylation is 6. The average Bonchev–Trinajstić information content (AvgIpc) is 0.806. The van der Waals surface area contributed by atoms with Gasteiger partial charge < -0.3 is 66.5 Å². The number of aliphatic carboxylic acids is 1. The van der Waals surface area contributed by atoms with Crippen molar-refractivity contribution in [3.63, 3.8) is 0 Å². The number of carbonyl (C=O) groups is 1. The number of hydrogen-bond donors (Lipinski definition) is 1. The number of nitrogens with zero attached hydrogens (tertiary/aromatic N) is 7. The summed E-state index contributed by atoms with van der Waals surface area (Å²) in [6.07, 6.45) is 0. The van der Waals surface area contributed by atoms with Gasteiger partial charge in [-0.25, -0.2) is 26.0 Å². The van der Waals surface area contributed by atoms with Crippen LogP contribution in [0.3, 0.4) is 0 Å². The normalized spacial score (nSPS) is 11.8. The summed E-state index contributed by atoms with van der Waals surface area (Å²) in [5, 5.41) is 13.8. The molecule has 2 N–H and O–H groups in total. The maximum Gasteiger partial charge on any atom is 0.272 e. The lowest BCUT2D eigenvalue weighted by Crippen LogP contribution is -2.47. The highest BCUT2D eigenvalue weighted by molar-refractivity contribution is 7.85. The zero-order valence-electron chi connectivity index (χ0n) is 61.9. The minimum absolute atomic E-state index is 0.00179. The third-order valence-electron chi connectivity index (χ3n) is 13.5. The van der Waals surface area contributed by atoms with E-state index < -0.39 is 58.3 Å². The van der Waals surface area contributed by atoms with Crippen molar-refractivity contribution in [1.29, 1.82) is 0 Å². The Labute approximate surface area is 596 Å². The maximum absolute atomic E-state index is 12.7. The van der Waals surface area contributed by atoms with Crippen LogP contribution in [0, 0.1) is 78.7 Å². The van der Waals surface area contributed by atoms with Crippen LogP contribution >= 0.6 is 7.82 Å². The summed E-state index contributed by atoms with van der Waals surface area (Å²) < 4.78 is 126. The Bertz CT molecular complexity index is 3640. The van der Waals surface area contributed by atoms with Crippen molar-refractivity contribution in [3.8, 4) is 11.5 Å². The Morgan fingerprint density at radius 3 is 1.15 bits per heavy atom. The van der Waals surface area contributed by atoms with Gasteiger partial charge in [-0.2, -0.15) is 0 Å². The van der Waals surface area contributed by atoms with Gasteiger partial charge in [0, 0.05) is 32.7 Å². The molecule has 0 fully saturated rings. The van der Waals surface area contributed by atoms with E-state index in [1.165, 1.54) is 27.8 Å². The van der Waals surface area contributed by atoms with Gasteiger partial charge in [0.1, 0.15) is 67.7 Å². The number of azide groups is 1. The van der Waals surface area contributed by atoms with Crippen LogP contribution in [0.5, 0.6) is 11.5 Å². The number of quaternary nitrogens is 4. The van der Waals surface area contributed by atoms with E-state index in [1.54, 1.807) is 14.1 Å². The van der Waals surface area contributed by atoms with Crippen molar-refractivity contribution >= 4 is 23.9 Å². The minimum Gasteiger partial charge on any atom is -0.756 e. The molecule has 27 heteroatoms. The second-order valence-electron chi connectivity index (χ2n) is 27.2. The molecule has 0 aliphatic heterocycles. The molecule has 0 amide bonds. The summed E-state index contributed by atoms with van der Waals surface area (Å²) in [6, 6.07) is 47.9. The molecular weight excluding hydrogens is 1350 g/mol. The van der Waals surface area contributed by atoms with Gasteiger partial charge in [0.2, 0.25) is 0 Å². The van der Waals surface area contributed by atoms with Crippen LogP contribution in [-0.4, -0.2) is 166 Å². The fourth-order valence-corrected chi connectivity index (χ4v) is 10.2. The fourth-order valence-electron chi connectivity index (χ4n) is 8.39. The highest BCUT2D eigenvalue weighted by Gasteiger charge is 2.22. The van der Waals surface area contributed by atoms with Gasteiger partial charge in [-0.3, -0.25) is 9.09 Å². The molecule has 7 rings (SSSR count). The zero-order valence-corrected chi connectivity index (χ0v) is 63.6. The van der Waals surface area contributed by atoms with E-state index >= 15 is 0 Å². The number of phosphoric ester groups is 1. The molecule has 1 unspecified atom stereocenters. The van der Waals surface area contributed by atoms with E-state index in [-0.39, 0.29) is 43.7 Å². The van der Waals surface area contributed by atoms with E-state index in [2.05, 4.69) is 62.4 Å². The molecular formula is C74H106F4N8O13PS+. The van der Waals surface area contributed by atoms with Gasteiger partial charge in [-0.05, 0) is 90.7 Å². The summed E-state index contributed by atoms with van der Waals surface area (Å²) in [6.45, 7) is 18.8. The van der Waals surface area contributed by atoms with E-state index in [1.807, 2.05) is 191 Å². The Balaban J connectivity index is 0.000000592. The maximum atomic E-state index is 12.7. The topological polar surface area (TPSA) is 268 Å². The van der Waals surface area contributed by atoms with E-state index in [4.69, 9.17) is 39.3 Å². The first-order chi connectivity index (χ1) is 46.8. The van der Waals surface area contributed by atoms with Gasteiger partial charge in [0.05, 0.1) is 103 Å². The molecule has 0 saturated heterocycles. The lowest BCUT2D eigenvalue weighted by molar-refractivity contribution is -0.898. The lowest BCUT2D eigenvalue weighted by Gasteiger charge is -2.30. The van der Waals surface area contributed by atoms with E-state index in [0.29, 0.717) is 48.5 Å². The SMILES string of the molecule is Cc1c(F)c(F)c(C)c(F)c1F.Cc1ccc(COP(=O)([O-])OC[N+](C)(C)C)cc1.Cc1ccc(C[N+](C)(C)C)cc1.Cc1ccc(C[N+](C)(C)CC(=O)[O-])cc1.Cc1ccc(C[N+](C)(C)CS(=O)(=O)[O-])cc1.Cc1ccc(OCCOCN)cc1.Cc1ccc(OCCOCN=[N+]=[N-])cc1. The van der Waals surface area contributed by atoms with Crippen molar-refractivity contribution < 1.29 is 95.8 Å². The van der Waals surface area contributed by atoms with Crippen molar-refractivity contribution in [1.82, 2.24) is 0 Å². The molecule has 7 aromatic carbocycles. The molecule has 0 aliphatic carbocycles. The Morgan fingerprint density at radius 2 is 0.832 bits per heavy atom. The van der Waals surface area contributed by atoms with Crippen LogP contribution in [0.1, 0.15) is 66.8 Å². The van der Waals surface area contributed by atoms with Gasteiger partial charge in [-0.15, -0.1) is 0 Å². The van der Waals surface area contributed by atoms with Crippen molar-refractivity contribution in [2.24, 2.45) is 10.8 Å². The summed E-state index contributed by atoms with van der Waals surface area (Å²) >= 11 is 0. The van der Waals surface area contributed by atoms with Crippen molar-refractivity contribution in [2.45, 2.75) is 81.6 Å². The summed E-state index contributed by atoms with van der Waals surface area (Å²) in [4.78, 5) is 24.6. The molecule has 0 radical (unpaired) electrons. The standard InChI is InChI=1S/C12H20NO4P.C12H17NO2.C11H17NO3S.C11H18N.C10H13N3O2.C10H15NO2.C8H6F4/c1-11-5-7-12(8-6-11)9-16-18(14,15)17-10-13(2,3)4;1-10-4-6-11(7-5-10)8-13(2,3)9-12(14)15;1-10-4-6-11(7-5-10)8-12(2,3)9-16(13,14)15;1-10-5-7-11(8-6-10)9-12(2,3)4;1-9-2-4-10(5-3-9)15-7-6-14-8-12-13-11;1-9-2-4-10(5-3-9)13-7-6-12-8-11;1-3-5(9)7(11)4(2)8(12)6(3)10/h5-8H,9-10H2,1-4H3;4-7H,8-9H2,1-3H3;4-7H,8-9H2,1-3H3;5-8H,9H2,1-4H3;2-5H,6-8H2,1H3;2-5H,6-8,11H2,1H3;1-2H3/q;;;+1;;;. The quantitative estimate of drug-likeness (QED) is 0.00479. The fraction of sp³-hybridized carbons (Fsp3) is 0.419. The molecule has 0 bridgehead atoms. The Kier molecular flexibility index (Phi) is 41.1. The zero-order chi connectivity index (χ0) is 76.8. The van der Waals surface area contributed by atoms with E-state index in [9.17, 15) is 49.9 Å². The highest BCUT2D eigenvalue weighted by Crippen LogP contribution is 2.39. The molecule has 558 valence electrons. The second kappa shape index (κ2) is 45.4. The largest absolute Gasteiger partial charge is 0.756 e. The van der Waals surface area contributed by atoms with E-state index in [0.717, 1.165) is 64.2 Å². The average molecular weight is 1450 g/mol. The number of carbonyl (C=O) groups excluding carboxylic acids is 1. The second-order valence-corrected chi connectivity index (χ2v) is 30.0. The van der Waals surface area contributed by atoms with Gasteiger partial charge in [-0.1, -0.05) is 160 Å². The molecule has 1 atom stereocenters. The first-order valence-corrected chi connectivity index (χ1v) is 35.1. The lowest BCUT2D eigenvalue weighted by atomic mass is 10.1. The van der Waals surface area contributed by atoms with Crippen LogP contribution in [0.2, 0.25) is 0 Å². The number of carboxylic acid groups (broad SMARTS) is 1. The molecule has 0 heterocycles. The number of ether oxygens (including phenoxy) is 4. The first-order valence-electron chi connectivity index (χ1n) is 32.1. The number of rotatable bonds is 27. The van der Waals surface area contributed by atoms with Crippen LogP contribution in [0.15, 0.2) is 151 Å². The molecule has 0 saturated carbocycles. The predicted octanol–water partition coefficient (Wildman–Crippen LogP) is 12.1. The van der Waals surface area contributed by atoms with Gasteiger partial charge in [0.15, 0.2) is 35.9 Å². The smallest absolute Gasteiger partial charge is 0.272 e. The molecule has 101 heavy (non-hydrogen) atoms. The van der Waals surface area contributed by atoms with Crippen molar-refractivity contribution in [3.05, 3.63) is 246 Å². The van der Waals surface area contributed by atoms with Crippen LogP contribution in [-0.2, 0) is 64.2 Å². The third kappa shape index (κ3) is 45.1. The van der Waals surface area contributed by atoms with Crippen LogP contribution < -0.4 is 25.2 Å². The Hall–Kier alpha value is -7.62. The predicted molar refractivity (Wildman–Crippen MR) is 383 cm³/mol. The first kappa shape index (κ1) is 91.4. The molecule has 0 aromatic heterocycles. The summed E-state index contributed by atoms with van der Waals surface area (Å²) in [5.74, 6) is -5.03. The number of halogens is 4. The van der Waals surface area contributed by atoms with Gasteiger partial charge in [0.25, 0.3) is 7.82 Å². The monoisotopic (exact) mass is 1450 g/mol. The number of likely N-dealkylation sites (N-methyl/N-ethyl adjacent to an activating group) is 1. The number of phosphoric acid groups is 1. The minimum atomic E-state index is -4.23. The van der Waals surface area contributed by atoms with Crippen LogP contribution in [0.25, 0.3) is 10.4 Å². The summed E-state index contributed by atoms with van der Waals surface area (Å²) in [7, 11) is 10.9. The molecule has 0 spiro atoms. The summed E-state index contributed by atoms with van der Waals surface area (Å²) in [5.41, 5.74) is 23.5. The highest BCUT2D eigenvalue weighted by atomic mass is 32.2. The molecule has 21 nitrogen and oxygen atoms in total. The third-order valence-corrected chi connectivity index (χ3v) is 15.4. The number of benzene rings is 7. The van der Waals surface area contributed by atoms with Crippen molar-refractivity contribution in [2.75, 3.05) is 130 Å². The Morgan fingerprint density at radius 1 is 0.505 bits per heavy atom. The number of carboxylic acids is 1.